The summed E-state index contributed by atoms with van der Waals surface area (Å²) < 4.78 is 0. The molecule has 3 nitrogen and oxygen atoms in total. The molecule has 0 aliphatic heterocycles. The van der Waals surface area contributed by atoms with Gasteiger partial charge in [0.2, 0.25) is 0 Å². The van der Waals surface area contributed by atoms with Crippen LogP contribution in [0.15, 0.2) is 40.5 Å². The van der Waals surface area contributed by atoms with Crippen LogP contribution in [0.3, 0.4) is 0 Å². The molecule has 0 fully saturated rings. The molecule has 2 rings (SSSR count). The molecule has 0 saturated heterocycles. The number of thioether (sulfide) groups is 2. The fourth-order valence-corrected chi connectivity index (χ4v) is 3.17. The van der Waals surface area contributed by atoms with Crippen LogP contribution in [-0.2, 0) is 5.75 Å². The van der Waals surface area contributed by atoms with Crippen LogP contribution in [0.4, 0.5) is 5.82 Å². The van der Waals surface area contributed by atoms with E-state index in [1.807, 2.05) is 12.3 Å². The Labute approximate surface area is 129 Å². The molecule has 0 spiro atoms. The zero-order chi connectivity index (χ0) is 14.4. The minimum Gasteiger partial charge on any atom is -0.370 e. The van der Waals surface area contributed by atoms with Gasteiger partial charge in [-0.15, -0.1) is 11.8 Å². The lowest BCUT2D eigenvalue weighted by molar-refractivity contribution is 0.891. The van der Waals surface area contributed by atoms with Gasteiger partial charge >= 0.3 is 0 Å². The van der Waals surface area contributed by atoms with Gasteiger partial charge in [-0.2, -0.15) is 0 Å². The summed E-state index contributed by atoms with van der Waals surface area (Å²) >= 11 is 3.33. The molecule has 106 valence electrons. The number of aromatic nitrogens is 2. The number of hydrogen-bond donors (Lipinski definition) is 1. The van der Waals surface area contributed by atoms with Gasteiger partial charge in [0.1, 0.15) is 10.8 Å². The molecular formula is C15H19N3S2. The Morgan fingerprint density at radius 1 is 1.20 bits per heavy atom. The molecule has 5 heteroatoms. The third kappa shape index (κ3) is 4.15. The third-order valence-corrected chi connectivity index (χ3v) is 4.37. The summed E-state index contributed by atoms with van der Waals surface area (Å²) in [4.78, 5) is 9.00. The van der Waals surface area contributed by atoms with Crippen molar-refractivity contribution in [2.45, 2.75) is 29.8 Å². The maximum atomic E-state index is 4.55. The average Bonchev–Trinajstić information content (AvgIpc) is 2.46. The van der Waals surface area contributed by atoms with Gasteiger partial charge in [-0.3, -0.25) is 0 Å². The second kappa shape index (κ2) is 7.55. The highest BCUT2D eigenvalue weighted by Crippen LogP contribution is 2.26. The summed E-state index contributed by atoms with van der Waals surface area (Å²) in [5, 5.41) is 5.09. The summed E-state index contributed by atoms with van der Waals surface area (Å²) in [6, 6.07) is 10.5. The van der Waals surface area contributed by atoms with Crippen LogP contribution < -0.4 is 5.32 Å². The molecule has 2 aromatic rings. The molecule has 20 heavy (non-hydrogen) atoms. The van der Waals surface area contributed by atoms with Crippen molar-refractivity contribution in [3.05, 3.63) is 41.5 Å². The van der Waals surface area contributed by atoms with Crippen molar-refractivity contribution < 1.29 is 0 Å². The predicted octanol–water partition coefficient (Wildman–Crippen LogP) is 4.23. The van der Waals surface area contributed by atoms with E-state index in [-0.39, 0.29) is 0 Å². The van der Waals surface area contributed by atoms with Crippen molar-refractivity contribution in [3.63, 3.8) is 0 Å². The van der Waals surface area contributed by atoms with Gasteiger partial charge in [0.15, 0.2) is 5.16 Å². The van der Waals surface area contributed by atoms with E-state index in [1.165, 1.54) is 11.1 Å². The van der Waals surface area contributed by atoms with Gasteiger partial charge in [-0.1, -0.05) is 36.0 Å². The van der Waals surface area contributed by atoms with Crippen molar-refractivity contribution in [3.8, 4) is 0 Å². The monoisotopic (exact) mass is 305 g/mol. The first-order valence-corrected chi connectivity index (χ1v) is 8.78. The molecule has 0 saturated carbocycles. The van der Waals surface area contributed by atoms with E-state index in [1.54, 1.807) is 23.5 Å². The first kappa shape index (κ1) is 15.2. The molecule has 0 radical (unpaired) electrons. The second-order valence-corrected chi connectivity index (χ2v) is 6.09. The SMILES string of the molecule is CCNc1cc(SCc2ccccc2C)nc(SC)n1. The van der Waals surface area contributed by atoms with Crippen molar-refractivity contribution in [1.82, 2.24) is 9.97 Å². The maximum Gasteiger partial charge on any atom is 0.190 e. The Kier molecular flexibility index (Phi) is 5.73. The normalized spacial score (nSPS) is 10.6. The van der Waals surface area contributed by atoms with E-state index in [9.17, 15) is 0 Å². The summed E-state index contributed by atoms with van der Waals surface area (Å²) in [6.07, 6.45) is 2.00. The molecule has 1 heterocycles. The molecule has 0 aliphatic rings. The van der Waals surface area contributed by atoms with Gasteiger partial charge < -0.3 is 5.32 Å². The Hall–Kier alpha value is -1.20. The van der Waals surface area contributed by atoms with Crippen molar-refractivity contribution in [2.75, 3.05) is 18.1 Å². The topological polar surface area (TPSA) is 37.8 Å². The van der Waals surface area contributed by atoms with Crippen LogP contribution >= 0.6 is 23.5 Å². The standard InChI is InChI=1S/C15H19N3S2/c1-4-16-13-9-14(18-15(17-13)19-3)20-10-12-8-6-5-7-11(12)2/h5-9H,4,10H2,1-3H3,(H,16,17,18). The molecule has 0 atom stereocenters. The highest BCUT2D eigenvalue weighted by Gasteiger charge is 2.05. The van der Waals surface area contributed by atoms with Crippen LogP contribution in [-0.4, -0.2) is 22.8 Å². The lowest BCUT2D eigenvalue weighted by Crippen LogP contribution is -2.01. The fraction of sp³-hybridized carbons (Fsp3) is 0.333. The van der Waals surface area contributed by atoms with E-state index >= 15 is 0 Å². The van der Waals surface area contributed by atoms with Crippen LogP contribution in [0.2, 0.25) is 0 Å². The number of benzene rings is 1. The van der Waals surface area contributed by atoms with Crippen LogP contribution in [0.25, 0.3) is 0 Å². The maximum absolute atomic E-state index is 4.55. The van der Waals surface area contributed by atoms with E-state index < -0.39 is 0 Å². The minimum absolute atomic E-state index is 0.815. The molecule has 0 amide bonds. The molecule has 1 N–H and O–H groups in total. The summed E-state index contributed by atoms with van der Waals surface area (Å²) in [5.74, 6) is 1.84. The van der Waals surface area contributed by atoms with Gasteiger partial charge in [0.25, 0.3) is 0 Å². The summed E-state index contributed by atoms with van der Waals surface area (Å²) in [7, 11) is 0. The van der Waals surface area contributed by atoms with Crippen molar-refractivity contribution in [1.29, 1.82) is 0 Å². The predicted molar refractivity (Wildman–Crippen MR) is 88.7 cm³/mol. The number of nitrogens with one attached hydrogen (secondary N) is 1. The number of aryl methyl sites for hydroxylation is 1. The fourth-order valence-electron chi connectivity index (χ4n) is 1.76. The highest BCUT2D eigenvalue weighted by molar-refractivity contribution is 7.99. The third-order valence-electron chi connectivity index (χ3n) is 2.86. The summed E-state index contributed by atoms with van der Waals surface area (Å²) in [5.41, 5.74) is 2.68. The molecule has 1 aromatic carbocycles. The molecule has 0 bridgehead atoms. The van der Waals surface area contributed by atoms with Crippen molar-refractivity contribution in [2.24, 2.45) is 0 Å². The zero-order valence-corrected chi connectivity index (χ0v) is 13.6. The van der Waals surface area contributed by atoms with E-state index in [4.69, 9.17) is 0 Å². The Morgan fingerprint density at radius 2 is 2.00 bits per heavy atom. The number of nitrogens with zero attached hydrogens (tertiary/aromatic N) is 2. The van der Waals surface area contributed by atoms with Crippen LogP contribution in [0.5, 0.6) is 0 Å². The molecule has 0 aliphatic carbocycles. The number of anilines is 1. The average molecular weight is 305 g/mol. The first-order chi connectivity index (χ1) is 9.72. The number of rotatable bonds is 6. The van der Waals surface area contributed by atoms with Gasteiger partial charge in [0, 0.05) is 18.4 Å². The Bertz CT molecular complexity index is 573. The van der Waals surface area contributed by atoms with Gasteiger partial charge in [0.05, 0.1) is 0 Å². The largest absolute Gasteiger partial charge is 0.370 e. The minimum atomic E-state index is 0.815. The van der Waals surface area contributed by atoms with Crippen LogP contribution in [0.1, 0.15) is 18.1 Å². The zero-order valence-electron chi connectivity index (χ0n) is 12.0. The van der Waals surface area contributed by atoms with Gasteiger partial charge in [-0.05, 0) is 31.2 Å². The van der Waals surface area contributed by atoms with E-state index in [2.05, 4.69) is 53.4 Å². The van der Waals surface area contributed by atoms with E-state index in [0.29, 0.717) is 0 Å². The number of hydrogen-bond acceptors (Lipinski definition) is 5. The smallest absolute Gasteiger partial charge is 0.190 e. The molecule has 1 aromatic heterocycles. The molecular weight excluding hydrogens is 286 g/mol. The lowest BCUT2D eigenvalue weighted by Gasteiger charge is -2.08. The highest BCUT2D eigenvalue weighted by atomic mass is 32.2. The van der Waals surface area contributed by atoms with Crippen LogP contribution in [0, 0.1) is 6.92 Å². The molecule has 0 unspecified atom stereocenters. The Balaban J connectivity index is 2.12. The summed E-state index contributed by atoms with van der Waals surface area (Å²) in [6.45, 7) is 5.08. The first-order valence-electron chi connectivity index (χ1n) is 6.57. The lowest BCUT2D eigenvalue weighted by atomic mass is 10.1. The Morgan fingerprint density at radius 3 is 2.70 bits per heavy atom. The van der Waals surface area contributed by atoms with Crippen molar-refractivity contribution >= 4 is 29.3 Å². The second-order valence-electron chi connectivity index (χ2n) is 4.32. The van der Waals surface area contributed by atoms with Gasteiger partial charge in [-0.25, -0.2) is 9.97 Å². The quantitative estimate of drug-likeness (QED) is 0.491. The van der Waals surface area contributed by atoms with E-state index in [0.717, 1.165) is 28.3 Å².